The summed E-state index contributed by atoms with van der Waals surface area (Å²) in [6.45, 7) is 14.1. The highest BCUT2D eigenvalue weighted by Crippen LogP contribution is 2.38. The molecule has 0 saturated heterocycles. The van der Waals surface area contributed by atoms with E-state index in [2.05, 4.69) is 46.9 Å². The van der Waals surface area contributed by atoms with E-state index in [0.29, 0.717) is 19.6 Å². The molecule has 6 heteroatoms. The molecule has 0 spiro atoms. The van der Waals surface area contributed by atoms with Crippen LogP contribution in [0.25, 0.3) is 0 Å². The Morgan fingerprint density at radius 2 is 1.77 bits per heavy atom. The number of methoxy groups -OCH3 is 2. The first kappa shape index (κ1) is 26.4. The maximum atomic E-state index is 12.2. The van der Waals surface area contributed by atoms with Crippen molar-refractivity contribution in [1.29, 1.82) is 0 Å². The molecule has 0 fully saturated rings. The lowest BCUT2D eigenvalue weighted by molar-refractivity contribution is -0.149. The second-order valence-electron chi connectivity index (χ2n) is 9.20. The van der Waals surface area contributed by atoms with Crippen molar-refractivity contribution in [2.24, 2.45) is 0 Å². The van der Waals surface area contributed by atoms with Crippen LogP contribution in [0.3, 0.4) is 0 Å². The van der Waals surface area contributed by atoms with Gasteiger partial charge in [-0.15, -0.1) is 0 Å². The van der Waals surface area contributed by atoms with Crippen molar-refractivity contribution in [1.82, 2.24) is 0 Å². The van der Waals surface area contributed by atoms with E-state index in [1.165, 1.54) is 12.7 Å². The number of rotatable bonds is 12. The quantitative estimate of drug-likeness (QED) is 0.177. The molecule has 0 aliphatic rings. The largest absolute Gasteiger partial charge is 0.497 e. The van der Waals surface area contributed by atoms with Crippen LogP contribution < -0.4 is 4.74 Å². The van der Waals surface area contributed by atoms with E-state index in [1.54, 1.807) is 7.11 Å². The molecule has 0 bridgehead atoms. The van der Waals surface area contributed by atoms with Crippen molar-refractivity contribution in [2.75, 3.05) is 20.8 Å². The molecule has 0 amide bonds. The third kappa shape index (κ3) is 9.02. The minimum absolute atomic E-state index is 0.0519. The van der Waals surface area contributed by atoms with Gasteiger partial charge in [0.05, 0.1) is 27.4 Å². The molecule has 1 unspecified atom stereocenters. The van der Waals surface area contributed by atoms with Crippen LogP contribution in [-0.4, -0.2) is 41.2 Å². The van der Waals surface area contributed by atoms with Crippen LogP contribution in [0.1, 0.15) is 52.5 Å². The summed E-state index contributed by atoms with van der Waals surface area (Å²) in [6.07, 6.45) is 4.05. The number of allylic oxidation sites excluding steroid dienone is 1. The topological polar surface area (TPSA) is 54.0 Å². The second-order valence-corrected chi connectivity index (χ2v) is 14.0. The molecule has 0 N–H and O–H groups in total. The van der Waals surface area contributed by atoms with E-state index in [1.807, 2.05) is 24.3 Å². The summed E-state index contributed by atoms with van der Waals surface area (Å²) in [5.41, 5.74) is 2.37. The van der Waals surface area contributed by atoms with Gasteiger partial charge >= 0.3 is 5.97 Å². The smallest absolute Gasteiger partial charge is 0.333 e. The van der Waals surface area contributed by atoms with Crippen LogP contribution in [0.2, 0.25) is 18.1 Å². The van der Waals surface area contributed by atoms with Gasteiger partial charge in [0, 0.05) is 0 Å². The maximum absolute atomic E-state index is 12.2. The minimum atomic E-state index is -2.03. The zero-order chi connectivity index (χ0) is 22.8. The maximum Gasteiger partial charge on any atom is 0.333 e. The van der Waals surface area contributed by atoms with Crippen molar-refractivity contribution in [3.63, 3.8) is 0 Å². The Morgan fingerprint density at radius 1 is 1.13 bits per heavy atom. The summed E-state index contributed by atoms with van der Waals surface area (Å²) in [5, 5.41) is 0.0519. The van der Waals surface area contributed by atoms with Crippen LogP contribution >= 0.6 is 0 Å². The zero-order valence-electron chi connectivity index (χ0n) is 20.0. The van der Waals surface area contributed by atoms with Crippen LogP contribution in [0.5, 0.6) is 5.75 Å². The first-order chi connectivity index (χ1) is 14.0. The van der Waals surface area contributed by atoms with Gasteiger partial charge in [-0.3, -0.25) is 0 Å². The third-order valence-electron chi connectivity index (χ3n) is 5.72. The van der Waals surface area contributed by atoms with Crippen molar-refractivity contribution < 1.29 is 23.4 Å². The molecule has 1 atom stereocenters. The molecule has 30 heavy (non-hydrogen) atoms. The van der Waals surface area contributed by atoms with Crippen LogP contribution in [0.15, 0.2) is 35.9 Å². The highest BCUT2D eigenvalue weighted by Gasteiger charge is 2.40. The normalized spacial score (nSPS) is 13.8. The van der Waals surface area contributed by atoms with Gasteiger partial charge in [0.15, 0.2) is 8.32 Å². The molecule has 0 radical (unpaired) electrons. The first-order valence-electron chi connectivity index (χ1n) is 10.6. The van der Waals surface area contributed by atoms with Gasteiger partial charge in [0.25, 0.3) is 0 Å². The fraction of sp³-hybridized carbons (Fsp3) is 0.625. The summed E-state index contributed by atoms with van der Waals surface area (Å²) in [4.78, 5) is 12.2. The Labute approximate surface area is 183 Å². The SMILES string of the molecule is COC(=O)C(CCCC(C)=CCOCc1ccc(OC)cc1)O[Si](C)(C)C(C)(C)C. The molecule has 0 heterocycles. The molecule has 1 aromatic carbocycles. The molecule has 0 aromatic heterocycles. The predicted octanol–water partition coefficient (Wildman–Crippen LogP) is 5.89. The Hall–Kier alpha value is -1.63. The fourth-order valence-corrected chi connectivity index (χ4v) is 3.94. The van der Waals surface area contributed by atoms with Gasteiger partial charge in [-0.1, -0.05) is 44.6 Å². The Balaban J connectivity index is 2.44. The van der Waals surface area contributed by atoms with E-state index >= 15 is 0 Å². The van der Waals surface area contributed by atoms with Crippen LogP contribution in [-0.2, 0) is 25.3 Å². The Morgan fingerprint density at radius 3 is 2.30 bits per heavy atom. The molecule has 0 saturated carbocycles. The van der Waals surface area contributed by atoms with Crippen LogP contribution in [0, 0.1) is 0 Å². The summed E-state index contributed by atoms with van der Waals surface area (Å²) in [7, 11) is 1.05. The molecule has 1 aromatic rings. The number of hydrogen-bond acceptors (Lipinski definition) is 5. The number of carbonyl (C=O) groups excluding carboxylic acids is 1. The van der Waals surface area contributed by atoms with Crippen molar-refractivity contribution >= 4 is 14.3 Å². The van der Waals surface area contributed by atoms with E-state index in [9.17, 15) is 4.79 Å². The molecular formula is C24H40O5Si. The van der Waals surface area contributed by atoms with Gasteiger partial charge in [0.2, 0.25) is 0 Å². The molecular weight excluding hydrogens is 396 g/mol. The van der Waals surface area contributed by atoms with Gasteiger partial charge in [-0.25, -0.2) is 4.79 Å². The summed E-state index contributed by atoms with van der Waals surface area (Å²) < 4.78 is 22.2. The lowest BCUT2D eigenvalue weighted by Gasteiger charge is -2.38. The average Bonchev–Trinajstić information content (AvgIpc) is 2.69. The molecule has 0 aliphatic heterocycles. The third-order valence-corrected chi connectivity index (χ3v) is 10.2. The lowest BCUT2D eigenvalue weighted by Crippen LogP contribution is -2.46. The van der Waals surface area contributed by atoms with Crippen molar-refractivity contribution in [3.05, 3.63) is 41.5 Å². The number of ether oxygens (including phenoxy) is 3. The first-order valence-corrected chi connectivity index (χ1v) is 13.5. The van der Waals surface area contributed by atoms with E-state index < -0.39 is 14.4 Å². The predicted molar refractivity (Wildman–Crippen MR) is 124 cm³/mol. The Bertz CT molecular complexity index is 674. The fourth-order valence-electron chi connectivity index (χ4n) is 2.66. The minimum Gasteiger partial charge on any atom is -0.497 e. The lowest BCUT2D eigenvalue weighted by atomic mass is 10.1. The van der Waals surface area contributed by atoms with Crippen LogP contribution in [0.4, 0.5) is 0 Å². The summed E-state index contributed by atoms with van der Waals surface area (Å²) >= 11 is 0. The van der Waals surface area contributed by atoms with Gasteiger partial charge < -0.3 is 18.6 Å². The number of benzene rings is 1. The summed E-state index contributed by atoms with van der Waals surface area (Å²) in [6, 6.07) is 7.88. The highest BCUT2D eigenvalue weighted by molar-refractivity contribution is 6.74. The second kappa shape index (κ2) is 12.3. The zero-order valence-corrected chi connectivity index (χ0v) is 21.0. The monoisotopic (exact) mass is 436 g/mol. The molecule has 1 rings (SSSR count). The van der Waals surface area contributed by atoms with Gasteiger partial charge in [-0.05, 0) is 62.0 Å². The molecule has 0 aliphatic carbocycles. The van der Waals surface area contributed by atoms with Crippen molar-refractivity contribution in [3.8, 4) is 5.75 Å². The number of esters is 1. The highest BCUT2D eigenvalue weighted by atomic mass is 28.4. The number of carbonyl (C=O) groups is 1. The summed E-state index contributed by atoms with van der Waals surface area (Å²) in [5.74, 6) is 0.571. The molecule has 5 nitrogen and oxygen atoms in total. The molecule has 170 valence electrons. The van der Waals surface area contributed by atoms with Gasteiger partial charge in [0.1, 0.15) is 11.9 Å². The van der Waals surface area contributed by atoms with E-state index in [0.717, 1.165) is 24.2 Å². The van der Waals surface area contributed by atoms with E-state index in [-0.39, 0.29) is 11.0 Å². The van der Waals surface area contributed by atoms with Crippen molar-refractivity contribution in [2.45, 2.75) is 77.8 Å². The average molecular weight is 437 g/mol. The van der Waals surface area contributed by atoms with Gasteiger partial charge in [-0.2, -0.15) is 0 Å². The Kier molecular flexibility index (Phi) is 10.8. The standard InChI is InChI=1S/C24H40O5Si/c1-19(16-17-28-18-20-12-14-21(26-5)15-13-20)10-9-11-22(23(25)27-6)29-30(7,8)24(2,3)4/h12-16,22H,9-11,17-18H2,1-8H3. The van der Waals surface area contributed by atoms with E-state index in [4.69, 9.17) is 18.6 Å². The number of hydrogen-bond donors (Lipinski definition) is 0.